The van der Waals surface area contributed by atoms with Crippen LogP contribution >= 0.6 is 11.8 Å². The van der Waals surface area contributed by atoms with Crippen molar-refractivity contribution in [3.05, 3.63) is 89.5 Å². The summed E-state index contributed by atoms with van der Waals surface area (Å²) < 4.78 is -0.824. The molecular weight excluding hydrogens is 558 g/mol. The van der Waals surface area contributed by atoms with E-state index in [9.17, 15) is 19.5 Å². The fraction of sp³-hybridized carbons (Fsp3) is 0.457. The minimum Gasteiger partial charge on any atom is -0.396 e. The Kier molecular flexibility index (Phi) is 8.51. The van der Waals surface area contributed by atoms with Crippen molar-refractivity contribution in [2.75, 3.05) is 31.1 Å². The number of aliphatic hydroxyl groups excluding tert-OH is 1. The highest BCUT2D eigenvalue weighted by molar-refractivity contribution is 8.02. The van der Waals surface area contributed by atoms with Gasteiger partial charge in [-0.15, -0.1) is 11.8 Å². The van der Waals surface area contributed by atoms with Gasteiger partial charge in [-0.05, 0) is 43.4 Å². The van der Waals surface area contributed by atoms with Gasteiger partial charge in [0.05, 0.1) is 16.6 Å². The van der Waals surface area contributed by atoms with E-state index in [1.807, 2.05) is 78.3 Å². The lowest BCUT2D eigenvalue weighted by molar-refractivity contribution is -0.143. The third kappa shape index (κ3) is 5.22. The lowest BCUT2D eigenvalue weighted by Crippen LogP contribution is -2.53. The van der Waals surface area contributed by atoms with Crippen LogP contribution in [0.1, 0.15) is 42.4 Å². The number of amides is 3. The zero-order valence-corrected chi connectivity index (χ0v) is 25.8. The van der Waals surface area contributed by atoms with Crippen molar-refractivity contribution in [3.8, 4) is 0 Å². The highest BCUT2D eigenvalue weighted by Crippen LogP contribution is 2.61. The number of aliphatic hydroxyl groups is 1. The van der Waals surface area contributed by atoms with Crippen molar-refractivity contribution in [2.24, 2.45) is 11.8 Å². The average Bonchev–Trinajstić information content (AvgIpc) is 3.31. The van der Waals surface area contributed by atoms with Crippen LogP contribution in [0.2, 0.25) is 0 Å². The molecule has 4 aliphatic rings. The zero-order chi connectivity index (χ0) is 30.1. The molecule has 1 N–H and O–H groups in total. The molecule has 43 heavy (non-hydrogen) atoms. The minimum atomic E-state index is -0.824. The number of nitrogens with zero attached hydrogens (tertiary/aromatic N) is 3. The van der Waals surface area contributed by atoms with Gasteiger partial charge in [0.15, 0.2) is 0 Å². The Morgan fingerprint density at radius 2 is 1.60 bits per heavy atom. The number of para-hydroxylation sites is 1. The Morgan fingerprint density at radius 3 is 2.35 bits per heavy atom. The summed E-state index contributed by atoms with van der Waals surface area (Å²) >= 11 is 1.64. The monoisotopic (exact) mass is 599 g/mol. The van der Waals surface area contributed by atoms with Crippen LogP contribution in [0, 0.1) is 25.7 Å². The van der Waals surface area contributed by atoms with Crippen LogP contribution in [-0.4, -0.2) is 74.9 Å². The third-order valence-electron chi connectivity index (χ3n) is 9.47. The van der Waals surface area contributed by atoms with Gasteiger partial charge in [0, 0.05) is 43.7 Å². The number of thioether (sulfide) groups is 1. The first kappa shape index (κ1) is 29.7. The molecule has 6 rings (SSSR count). The molecule has 0 aliphatic carbocycles. The molecule has 0 bridgehead atoms. The van der Waals surface area contributed by atoms with E-state index in [-0.39, 0.29) is 29.6 Å². The van der Waals surface area contributed by atoms with Crippen molar-refractivity contribution in [3.63, 3.8) is 0 Å². The van der Waals surface area contributed by atoms with Crippen LogP contribution in [0.25, 0.3) is 0 Å². The first-order valence-corrected chi connectivity index (χ1v) is 16.4. The number of rotatable bonds is 9. The van der Waals surface area contributed by atoms with Crippen LogP contribution < -0.4 is 4.90 Å². The Hall–Kier alpha value is -3.36. The van der Waals surface area contributed by atoms with Crippen molar-refractivity contribution < 1.29 is 19.5 Å². The first-order valence-electron chi connectivity index (χ1n) is 15.5. The summed E-state index contributed by atoms with van der Waals surface area (Å²) in [6.07, 6.45) is 11.5. The molecule has 8 heteroatoms. The second kappa shape index (κ2) is 12.3. The van der Waals surface area contributed by atoms with Gasteiger partial charge in [-0.3, -0.25) is 14.4 Å². The predicted octanol–water partition coefficient (Wildman–Crippen LogP) is 4.65. The number of anilines is 1. The molecule has 0 aromatic heterocycles. The molecule has 2 aromatic carbocycles. The minimum absolute atomic E-state index is 0.0122. The number of carbonyl (C=O) groups is 3. The summed E-state index contributed by atoms with van der Waals surface area (Å²) in [5.41, 5.74) is 3.99. The molecule has 5 atom stereocenters. The number of benzene rings is 2. The Balaban J connectivity index is 1.38. The third-order valence-corrected chi connectivity index (χ3v) is 11.2. The van der Waals surface area contributed by atoms with E-state index in [0.717, 1.165) is 48.1 Å². The number of unbranched alkanes of at least 4 members (excludes halogenated alkanes) is 3. The molecule has 7 nitrogen and oxygen atoms in total. The predicted molar refractivity (Wildman–Crippen MR) is 171 cm³/mol. The van der Waals surface area contributed by atoms with Gasteiger partial charge in [0.2, 0.25) is 11.8 Å². The summed E-state index contributed by atoms with van der Waals surface area (Å²) in [5, 5.41) is 9.06. The van der Waals surface area contributed by atoms with Gasteiger partial charge in [-0.25, -0.2) is 0 Å². The Morgan fingerprint density at radius 1 is 0.860 bits per heavy atom. The molecule has 2 aromatic rings. The van der Waals surface area contributed by atoms with Crippen LogP contribution in [-0.2, 0) is 20.9 Å². The maximum atomic E-state index is 14.8. The summed E-state index contributed by atoms with van der Waals surface area (Å²) in [5.74, 6) is -1.32. The van der Waals surface area contributed by atoms with E-state index < -0.39 is 22.6 Å². The fourth-order valence-electron chi connectivity index (χ4n) is 7.55. The van der Waals surface area contributed by atoms with Crippen molar-refractivity contribution >= 4 is 35.2 Å². The lowest BCUT2D eigenvalue weighted by atomic mass is 9.78. The number of hydrogen-bond acceptors (Lipinski definition) is 5. The molecule has 0 radical (unpaired) electrons. The van der Waals surface area contributed by atoms with Crippen LogP contribution in [0.5, 0.6) is 0 Å². The van der Waals surface area contributed by atoms with Crippen molar-refractivity contribution in [1.29, 1.82) is 0 Å². The van der Waals surface area contributed by atoms with Crippen LogP contribution in [0.15, 0.2) is 72.8 Å². The smallest absolute Gasteiger partial charge is 0.251 e. The van der Waals surface area contributed by atoms with Gasteiger partial charge in [0.25, 0.3) is 5.91 Å². The molecular formula is C35H41N3O4S. The molecule has 1 unspecified atom stereocenters. The molecule has 4 aliphatic heterocycles. The van der Waals surface area contributed by atoms with Gasteiger partial charge in [-0.2, -0.15) is 0 Å². The standard InChI is InChI=1S/C35H41N3O4S/c1-24-13-10-14-25(2)30(24)37-21-12-18-35-29(33(41)38(31(35)34(37)42)20-8-3-4-9-22-39)28-27(43-35)17-11-19-36(32(28)40)23-26-15-6-5-7-16-26/h5-7,10-18,27-29,31,39H,3-4,8-9,19-23H2,1-2H3/t27-,28+,29+,31?,35+/m1/s1. The van der Waals surface area contributed by atoms with Gasteiger partial charge >= 0.3 is 0 Å². The molecule has 226 valence electrons. The molecule has 3 amide bonds. The van der Waals surface area contributed by atoms with Crippen molar-refractivity contribution in [1.82, 2.24) is 9.80 Å². The molecule has 2 fully saturated rings. The van der Waals surface area contributed by atoms with E-state index >= 15 is 0 Å². The average molecular weight is 600 g/mol. The number of likely N-dealkylation sites (tertiary alicyclic amines) is 1. The van der Waals surface area contributed by atoms with Crippen LogP contribution in [0.3, 0.4) is 0 Å². The number of fused-ring (bicyclic) bond motifs is 2. The van der Waals surface area contributed by atoms with E-state index in [4.69, 9.17) is 0 Å². The maximum Gasteiger partial charge on any atom is 0.251 e. The molecule has 4 heterocycles. The second-order valence-electron chi connectivity index (χ2n) is 12.2. The topological polar surface area (TPSA) is 81.2 Å². The zero-order valence-electron chi connectivity index (χ0n) is 25.0. The Labute approximate surface area is 258 Å². The summed E-state index contributed by atoms with van der Waals surface area (Å²) in [6, 6.07) is 15.3. The summed E-state index contributed by atoms with van der Waals surface area (Å²) in [6.45, 7) is 6.07. The number of carbonyl (C=O) groups excluding carboxylic acids is 3. The van der Waals surface area contributed by atoms with Gasteiger partial charge < -0.3 is 19.8 Å². The quantitative estimate of drug-likeness (QED) is 0.335. The largest absolute Gasteiger partial charge is 0.396 e. The second-order valence-corrected chi connectivity index (χ2v) is 13.7. The van der Waals surface area contributed by atoms with Gasteiger partial charge in [0.1, 0.15) is 6.04 Å². The highest BCUT2D eigenvalue weighted by Gasteiger charge is 2.71. The summed E-state index contributed by atoms with van der Waals surface area (Å²) in [4.78, 5) is 49.2. The Bertz CT molecular complexity index is 1420. The first-order chi connectivity index (χ1) is 20.9. The normalized spacial score (nSPS) is 28.2. The van der Waals surface area contributed by atoms with Gasteiger partial charge in [-0.1, -0.05) is 85.7 Å². The summed E-state index contributed by atoms with van der Waals surface area (Å²) in [7, 11) is 0. The molecule has 1 spiro atoms. The number of hydrogen-bond donors (Lipinski definition) is 1. The van der Waals surface area contributed by atoms with E-state index in [2.05, 4.69) is 18.2 Å². The van der Waals surface area contributed by atoms with Crippen LogP contribution in [0.4, 0.5) is 5.69 Å². The maximum absolute atomic E-state index is 14.8. The van der Waals surface area contributed by atoms with E-state index in [1.165, 1.54) is 0 Å². The van der Waals surface area contributed by atoms with E-state index in [1.54, 1.807) is 16.7 Å². The number of aryl methyl sites for hydroxylation is 2. The SMILES string of the molecule is Cc1cccc(C)c1N1CC=C[C@]23S[C@@H]4C=CCN(Cc5ccccc5)C(=O)[C@@H]4[C@H]2C(=O)N(CCCCCCO)C3C1=O. The molecule has 2 saturated heterocycles. The van der Waals surface area contributed by atoms with Crippen molar-refractivity contribution in [2.45, 2.75) is 62.1 Å². The highest BCUT2D eigenvalue weighted by atomic mass is 32.2. The molecule has 0 saturated carbocycles. The fourth-order valence-corrected chi connectivity index (χ4v) is 9.56. The van der Waals surface area contributed by atoms with E-state index in [0.29, 0.717) is 26.2 Å². The lowest BCUT2D eigenvalue weighted by Gasteiger charge is -2.36.